The van der Waals surface area contributed by atoms with E-state index in [-0.39, 0.29) is 11.5 Å². The molecule has 0 bridgehead atoms. The molecule has 0 amide bonds. The van der Waals surface area contributed by atoms with E-state index in [4.69, 9.17) is 4.74 Å². The number of hydrogen-bond acceptors (Lipinski definition) is 6. The number of aryl methyl sites for hydroxylation is 3. The first kappa shape index (κ1) is 21.3. The maximum atomic E-state index is 10.6. The fourth-order valence-corrected chi connectivity index (χ4v) is 3.54. The molecule has 2 N–H and O–H groups in total. The van der Waals surface area contributed by atoms with E-state index < -0.39 is 0 Å². The van der Waals surface area contributed by atoms with Crippen molar-refractivity contribution >= 4 is 0 Å². The van der Waals surface area contributed by atoms with Gasteiger partial charge in [0.1, 0.15) is 17.2 Å². The van der Waals surface area contributed by atoms with Crippen LogP contribution in [0.25, 0.3) is 34.2 Å². The molecule has 1 aromatic heterocycles. The van der Waals surface area contributed by atoms with Crippen LogP contribution >= 0.6 is 0 Å². The Labute approximate surface area is 187 Å². The van der Waals surface area contributed by atoms with Crippen molar-refractivity contribution in [3.8, 4) is 51.4 Å². The summed E-state index contributed by atoms with van der Waals surface area (Å²) < 4.78 is 5.61. The van der Waals surface area contributed by atoms with Gasteiger partial charge in [-0.1, -0.05) is 25.1 Å². The van der Waals surface area contributed by atoms with Crippen molar-refractivity contribution in [2.45, 2.75) is 27.2 Å². The number of aromatic hydroxyl groups is 2. The molecule has 0 radical (unpaired) electrons. The topological polar surface area (TPSA) is 88.4 Å². The van der Waals surface area contributed by atoms with Gasteiger partial charge in [0.2, 0.25) is 0 Å². The Morgan fingerprint density at radius 3 is 1.59 bits per heavy atom. The van der Waals surface area contributed by atoms with Crippen LogP contribution in [0.2, 0.25) is 0 Å². The monoisotopic (exact) mass is 427 g/mol. The molecule has 6 nitrogen and oxygen atoms in total. The zero-order chi connectivity index (χ0) is 22.8. The van der Waals surface area contributed by atoms with Crippen LogP contribution in [-0.4, -0.2) is 32.3 Å². The SMILES string of the molecule is CCc1ccc(-c2nc(-c3ccc(C)cc3O)nc(-c3ccc(C)cc3O)n2)c(OC)c1. The summed E-state index contributed by atoms with van der Waals surface area (Å²) in [6.45, 7) is 5.88. The predicted molar refractivity (Wildman–Crippen MR) is 125 cm³/mol. The van der Waals surface area contributed by atoms with E-state index in [0.29, 0.717) is 39.9 Å². The summed E-state index contributed by atoms with van der Waals surface area (Å²) in [4.78, 5) is 13.9. The highest BCUT2D eigenvalue weighted by molar-refractivity contribution is 5.74. The van der Waals surface area contributed by atoms with E-state index in [1.54, 1.807) is 31.4 Å². The van der Waals surface area contributed by atoms with Gasteiger partial charge in [-0.3, -0.25) is 0 Å². The largest absolute Gasteiger partial charge is 0.507 e. The molecule has 162 valence electrons. The van der Waals surface area contributed by atoms with Gasteiger partial charge in [-0.2, -0.15) is 0 Å². The number of hydrogen-bond donors (Lipinski definition) is 2. The second-order valence-corrected chi connectivity index (χ2v) is 7.74. The average Bonchev–Trinajstić information content (AvgIpc) is 2.78. The molecule has 0 spiro atoms. The van der Waals surface area contributed by atoms with Crippen LogP contribution in [0.15, 0.2) is 54.6 Å². The maximum Gasteiger partial charge on any atom is 0.167 e. The van der Waals surface area contributed by atoms with Crippen LogP contribution in [0.4, 0.5) is 0 Å². The number of phenols is 2. The molecule has 0 aliphatic rings. The third-order valence-corrected chi connectivity index (χ3v) is 5.34. The summed E-state index contributed by atoms with van der Waals surface area (Å²) >= 11 is 0. The average molecular weight is 428 g/mol. The Hall–Kier alpha value is -3.93. The van der Waals surface area contributed by atoms with Gasteiger partial charge in [-0.25, -0.2) is 15.0 Å². The van der Waals surface area contributed by atoms with E-state index >= 15 is 0 Å². The molecule has 0 unspecified atom stereocenters. The van der Waals surface area contributed by atoms with Crippen molar-refractivity contribution in [2.75, 3.05) is 7.11 Å². The first-order valence-electron chi connectivity index (χ1n) is 10.4. The molecule has 0 aliphatic heterocycles. The molecule has 1 heterocycles. The summed E-state index contributed by atoms with van der Waals surface area (Å²) in [6.07, 6.45) is 0.874. The second kappa shape index (κ2) is 8.67. The van der Waals surface area contributed by atoms with Crippen LogP contribution < -0.4 is 4.74 Å². The Kier molecular flexibility index (Phi) is 5.77. The smallest absolute Gasteiger partial charge is 0.167 e. The van der Waals surface area contributed by atoms with E-state index in [2.05, 4.69) is 21.9 Å². The number of benzene rings is 3. The molecule has 0 fully saturated rings. The lowest BCUT2D eigenvalue weighted by Gasteiger charge is -2.13. The molecule has 0 saturated carbocycles. The first-order valence-corrected chi connectivity index (χ1v) is 10.4. The number of ether oxygens (including phenoxy) is 1. The molecule has 4 aromatic rings. The van der Waals surface area contributed by atoms with Crippen molar-refractivity contribution in [3.05, 3.63) is 71.3 Å². The number of nitrogens with zero attached hydrogens (tertiary/aromatic N) is 3. The lowest BCUT2D eigenvalue weighted by Crippen LogP contribution is -2.02. The summed E-state index contributed by atoms with van der Waals surface area (Å²) in [5, 5.41) is 21.1. The molecule has 0 saturated heterocycles. The molecular formula is C26H25N3O3. The Morgan fingerprint density at radius 2 is 1.16 bits per heavy atom. The zero-order valence-electron chi connectivity index (χ0n) is 18.5. The van der Waals surface area contributed by atoms with Gasteiger partial charge in [-0.05, 0) is 73.4 Å². The third-order valence-electron chi connectivity index (χ3n) is 5.34. The van der Waals surface area contributed by atoms with Crippen molar-refractivity contribution in [1.82, 2.24) is 15.0 Å². The maximum absolute atomic E-state index is 10.6. The molecule has 32 heavy (non-hydrogen) atoms. The third kappa shape index (κ3) is 4.12. The van der Waals surface area contributed by atoms with E-state index in [1.807, 2.05) is 44.2 Å². The van der Waals surface area contributed by atoms with E-state index in [1.165, 1.54) is 0 Å². The van der Waals surface area contributed by atoms with Gasteiger partial charge in [-0.15, -0.1) is 0 Å². The molecule has 0 aliphatic carbocycles. The van der Waals surface area contributed by atoms with E-state index in [9.17, 15) is 10.2 Å². The Balaban J connectivity index is 1.98. The standard InChI is InChI=1S/C26H25N3O3/c1-5-17-8-11-20(23(14-17)32-4)26-28-24(18-9-6-15(2)12-21(18)30)27-25(29-26)19-10-7-16(3)13-22(19)31/h6-14,30-31H,5H2,1-4H3. The normalized spacial score (nSPS) is 10.9. The fourth-order valence-electron chi connectivity index (χ4n) is 3.54. The zero-order valence-corrected chi connectivity index (χ0v) is 18.5. The lowest BCUT2D eigenvalue weighted by molar-refractivity contribution is 0.415. The van der Waals surface area contributed by atoms with Crippen LogP contribution in [0.3, 0.4) is 0 Å². The minimum Gasteiger partial charge on any atom is -0.507 e. The van der Waals surface area contributed by atoms with Crippen LogP contribution in [0.5, 0.6) is 17.2 Å². The van der Waals surface area contributed by atoms with Crippen LogP contribution in [0.1, 0.15) is 23.6 Å². The summed E-state index contributed by atoms with van der Waals surface area (Å²) in [5.74, 6) is 1.82. The van der Waals surface area contributed by atoms with Crippen LogP contribution in [-0.2, 0) is 6.42 Å². The Morgan fingerprint density at radius 1 is 0.688 bits per heavy atom. The van der Waals surface area contributed by atoms with Gasteiger partial charge in [0, 0.05) is 0 Å². The molecular weight excluding hydrogens is 402 g/mol. The van der Waals surface area contributed by atoms with Crippen molar-refractivity contribution in [1.29, 1.82) is 0 Å². The summed E-state index contributed by atoms with van der Waals surface area (Å²) in [7, 11) is 1.61. The first-order chi connectivity index (χ1) is 15.4. The van der Waals surface area contributed by atoms with Gasteiger partial charge in [0.05, 0.1) is 23.8 Å². The van der Waals surface area contributed by atoms with Gasteiger partial charge in [0.15, 0.2) is 17.5 Å². The fraction of sp³-hybridized carbons (Fsp3) is 0.192. The van der Waals surface area contributed by atoms with Gasteiger partial charge >= 0.3 is 0 Å². The number of aromatic nitrogens is 3. The summed E-state index contributed by atoms with van der Waals surface area (Å²) in [5.41, 5.74) is 4.65. The molecule has 3 aromatic carbocycles. The van der Waals surface area contributed by atoms with Crippen molar-refractivity contribution in [2.24, 2.45) is 0 Å². The number of methoxy groups -OCH3 is 1. The van der Waals surface area contributed by atoms with Gasteiger partial charge < -0.3 is 14.9 Å². The van der Waals surface area contributed by atoms with Gasteiger partial charge in [0.25, 0.3) is 0 Å². The number of rotatable bonds is 5. The molecule has 6 heteroatoms. The number of phenolic OH excluding ortho intramolecular Hbond substituents is 2. The highest BCUT2D eigenvalue weighted by Gasteiger charge is 2.18. The van der Waals surface area contributed by atoms with Crippen molar-refractivity contribution < 1.29 is 14.9 Å². The van der Waals surface area contributed by atoms with Crippen molar-refractivity contribution in [3.63, 3.8) is 0 Å². The lowest BCUT2D eigenvalue weighted by atomic mass is 10.1. The quantitative estimate of drug-likeness (QED) is 0.439. The molecule has 4 rings (SSSR count). The minimum absolute atomic E-state index is 0.0783. The second-order valence-electron chi connectivity index (χ2n) is 7.74. The summed E-state index contributed by atoms with van der Waals surface area (Å²) in [6, 6.07) is 16.6. The highest BCUT2D eigenvalue weighted by Crippen LogP contribution is 2.35. The van der Waals surface area contributed by atoms with Crippen LogP contribution in [0, 0.1) is 13.8 Å². The van der Waals surface area contributed by atoms with E-state index in [0.717, 1.165) is 23.1 Å². The Bertz CT molecular complexity index is 1230. The molecule has 0 atom stereocenters. The predicted octanol–water partition coefficient (Wildman–Crippen LogP) is 5.47. The highest BCUT2D eigenvalue weighted by atomic mass is 16.5. The minimum atomic E-state index is 0.0783.